The Bertz CT molecular complexity index is 550. The van der Waals surface area contributed by atoms with Crippen LogP contribution in [0, 0.1) is 0 Å². The number of rotatable bonds is 29. The predicted molar refractivity (Wildman–Crippen MR) is 162 cm³/mol. The molecule has 0 amide bonds. The van der Waals surface area contributed by atoms with Crippen molar-refractivity contribution < 1.29 is 9.57 Å². The summed E-state index contributed by atoms with van der Waals surface area (Å²) in [5, 5.41) is 0. The molecule has 0 heterocycles. The lowest BCUT2D eigenvalue weighted by molar-refractivity contribution is 0.00858. The van der Waals surface area contributed by atoms with E-state index in [1.54, 1.807) is 0 Å². The van der Waals surface area contributed by atoms with Crippen LogP contribution in [0.5, 0.6) is 0 Å². The van der Waals surface area contributed by atoms with Gasteiger partial charge in [-0.05, 0) is 31.2 Å². The number of nitrogens with one attached hydrogen (secondary N) is 1. The van der Waals surface area contributed by atoms with Gasteiger partial charge in [0.15, 0.2) is 0 Å². The standard InChI is InChI=1S/C34H63NO2/c1-3-5-7-9-11-13-18-25-31-37-35-34(28-22-15-12-10-8-6-4-2)29-23-16-14-17-24-30-36-32-33-26-20-19-21-27-33/h19-21,26-27,34-35H,3-18,22-25,28-32H2,1-2H3. The normalized spacial score (nSPS) is 12.3. The third-order valence-electron chi connectivity index (χ3n) is 7.46. The molecule has 3 heteroatoms. The van der Waals surface area contributed by atoms with E-state index in [1.165, 1.54) is 147 Å². The van der Waals surface area contributed by atoms with E-state index in [2.05, 4.69) is 49.7 Å². The van der Waals surface area contributed by atoms with E-state index < -0.39 is 0 Å². The predicted octanol–water partition coefficient (Wildman–Crippen LogP) is 10.7. The van der Waals surface area contributed by atoms with Gasteiger partial charge in [0, 0.05) is 12.6 Å². The van der Waals surface area contributed by atoms with Crippen LogP contribution in [0.3, 0.4) is 0 Å². The molecule has 1 aromatic rings. The fraction of sp³-hybridized carbons (Fsp3) is 0.824. The Kier molecular flexibility index (Phi) is 25.9. The van der Waals surface area contributed by atoms with Gasteiger partial charge in [-0.15, -0.1) is 0 Å². The molecule has 0 bridgehead atoms. The first-order chi connectivity index (χ1) is 18.4. The summed E-state index contributed by atoms with van der Waals surface area (Å²) in [6.07, 6.45) is 29.4. The molecular weight excluding hydrogens is 454 g/mol. The number of hydroxylamine groups is 1. The van der Waals surface area contributed by atoms with Crippen LogP contribution in [0.15, 0.2) is 30.3 Å². The van der Waals surface area contributed by atoms with Crippen molar-refractivity contribution in [1.29, 1.82) is 0 Å². The van der Waals surface area contributed by atoms with Gasteiger partial charge in [0.05, 0.1) is 13.2 Å². The quantitative estimate of drug-likeness (QED) is 0.0846. The molecule has 1 aromatic carbocycles. The molecule has 0 saturated heterocycles. The Morgan fingerprint density at radius 1 is 0.541 bits per heavy atom. The van der Waals surface area contributed by atoms with Gasteiger partial charge in [-0.25, -0.2) is 0 Å². The Labute approximate surface area is 231 Å². The molecule has 1 rings (SSSR count). The zero-order valence-electron chi connectivity index (χ0n) is 25.0. The summed E-state index contributed by atoms with van der Waals surface area (Å²) in [6.45, 7) is 7.07. The zero-order chi connectivity index (χ0) is 26.5. The van der Waals surface area contributed by atoms with Crippen molar-refractivity contribution in [2.45, 2.75) is 168 Å². The van der Waals surface area contributed by atoms with Crippen LogP contribution in [0.4, 0.5) is 0 Å². The van der Waals surface area contributed by atoms with Crippen molar-refractivity contribution in [1.82, 2.24) is 5.48 Å². The first-order valence-corrected chi connectivity index (χ1v) is 16.4. The summed E-state index contributed by atoms with van der Waals surface area (Å²) in [4.78, 5) is 5.94. The molecular formula is C34H63NO2. The van der Waals surface area contributed by atoms with Gasteiger partial charge in [0.1, 0.15) is 0 Å². The Balaban J connectivity index is 2.07. The third kappa shape index (κ3) is 23.9. The Hall–Kier alpha value is -0.900. The van der Waals surface area contributed by atoms with Gasteiger partial charge in [-0.1, -0.05) is 160 Å². The fourth-order valence-electron chi connectivity index (χ4n) is 4.98. The number of unbranched alkanes of at least 4 members (excludes halogenated alkanes) is 17. The second kappa shape index (κ2) is 28.1. The number of hydrogen-bond donors (Lipinski definition) is 1. The first kappa shape index (κ1) is 34.1. The molecule has 1 unspecified atom stereocenters. The first-order valence-electron chi connectivity index (χ1n) is 16.4. The minimum absolute atomic E-state index is 0.527. The largest absolute Gasteiger partial charge is 0.377 e. The lowest BCUT2D eigenvalue weighted by atomic mass is 10.0. The van der Waals surface area contributed by atoms with Crippen LogP contribution in [0.25, 0.3) is 0 Å². The molecule has 0 aromatic heterocycles. The van der Waals surface area contributed by atoms with E-state index in [0.717, 1.165) is 19.8 Å². The fourth-order valence-corrected chi connectivity index (χ4v) is 4.98. The average Bonchev–Trinajstić information content (AvgIpc) is 2.92. The third-order valence-corrected chi connectivity index (χ3v) is 7.46. The van der Waals surface area contributed by atoms with Crippen LogP contribution in [-0.2, 0) is 16.2 Å². The molecule has 37 heavy (non-hydrogen) atoms. The van der Waals surface area contributed by atoms with Crippen LogP contribution < -0.4 is 5.48 Å². The molecule has 0 fully saturated rings. The lowest BCUT2D eigenvalue weighted by Crippen LogP contribution is -2.29. The van der Waals surface area contributed by atoms with Gasteiger partial charge < -0.3 is 9.57 Å². The molecule has 0 aliphatic heterocycles. The van der Waals surface area contributed by atoms with E-state index in [9.17, 15) is 0 Å². The molecule has 216 valence electrons. The highest BCUT2D eigenvalue weighted by Crippen LogP contribution is 2.15. The minimum atomic E-state index is 0.527. The number of benzene rings is 1. The summed E-state index contributed by atoms with van der Waals surface area (Å²) in [5.74, 6) is 0. The zero-order valence-corrected chi connectivity index (χ0v) is 25.0. The van der Waals surface area contributed by atoms with Gasteiger partial charge in [-0.2, -0.15) is 5.48 Å². The van der Waals surface area contributed by atoms with E-state index in [0.29, 0.717) is 6.04 Å². The van der Waals surface area contributed by atoms with Crippen molar-refractivity contribution in [3.05, 3.63) is 35.9 Å². The molecule has 1 atom stereocenters. The topological polar surface area (TPSA) is 30.5 Å². The SMILES string of the molecule is CCCCCCCCCCONC(CCCCCCCCC)CCCCCCCOCc1ccccc1. The van der Waals surface area contributed by atoms with E-state index in [-0.39, 0.29) is 0 Å². The second-order valence-electron chi connectivity index (χ2n) is 11.1. The minimum Gasteiger partial charge on any atom is -0.377 e. The smallest absolute Gasteiger partial charge is 0.0716 e. The summed E-state index contributed by atoms with van der Waals surface area (Å²) in [7, 11) is 0. The summed E-state index contributed by atoms with van der Waals surface area (Å²) < 4.78 is 5.82. The summed E-state index contributed by atoms with van der Waals surface area (Å²) in [5.41, 5.74) is 4.73. The molecule has 0 aliphatic carbocycles. The van der Waals surface area contributed by atoms with Crippen molar-refractivity contribution >= 4 is 0 Å². The second-order valence-corrected chi connectivity index (χ2v) is 11.1. The maximum atomic E-state index is 5.94. The molecule has 3 nitrogen and oxygen atoms in total. The van der Waals surface area contributed by atoms with Gasteiger partial charge in [0.25, 0.3) is 0 Å². The van der Waals surface area contributed by atoms with E-state index in [4.69, 9.17) is 9.57 Å². The van der Waals surface area contributed by atoms with Crippen LogP contribution in [0.2, 0.25) is 0 Å². The van der Waals surface area contributed by atoms with Crippen LogP contribution >= 0.6 is 0 Å². The lowest BCUT2D eigenvalue weighted by Gasteiger charge is -2.18. The summed E-state index contributed by atoms with van der Waals surface area (Å²) in [6, 6.07) is 11.0. The number of ether oxygens (including phenoxy) is 1. The van der Waals surface area contributed by atoms with Crippen molar-refractivity contribution in [3.8, 4) is 0 Å². The van der Waals surface area contributed by atoms with Crippen molar-refractivity contribution in [2.75, 3.05) is 13.2 Å². The van der Waals surface area contributed by atoms with Crippen molar-refractivity contribution in [3.63, 3.8) is 0 Å². The average molecular weight is 518 g/mol. The van der Waals surface area contributed by atoms with Gasteiger partial charge in [0.2, 0.25) is 0 Å². The van der Waals surface area contributed by atoms with E-state index >= 15 is 0 Å². The van der Waals surface area contributed by atoms with Crippen LogP contribution in [0.1, 0.15) is 161 Å². The monoisotopic (exact) mass is 517 g/mol. The molecule has 0 aliphatic rings. The van der Waals surface area contributed by atoms with Crippen LogP contribution in [-0.4, -0.2) is 19.3 Å². The highest BCUT2D eigenvalue weighted by molar-refractivity contribution is 5.13. The van der Waals surface area contributed by atoms with E-state index in [1.807, 2.05) is 0 Å². The maximum absolute atomic E-state index is 5.94. The maximum Gasteiger partial charge on any atom is 0.0716 e. The Morgan fingerprint density at radius 2 is 1.00 bits per heavy atom. The highest BCUT2D eigenvalue weighted by Gasteiger charge is 2.08. The molecule has 0 saturated carbocycles. The van der Waals surface area contributed by atoms with Gasteiger partial charge >= 0.3 is 0 Å². The Morgan fingerprint density at radius 3 is 1.54 bits per heavy atom. The molecule has 0 radical (unpaired) electrons. The number of hydrogen-bond acceptors (Lipinski definition) is 3. The van der Waals surface area contributed by atoms with Gasteiger partial charge in [-0.3, -0.25) is 0 Å². The molecule has 1 N–H and O–H groups in total. The molecule has 0 spiro atoms. The summed E-state index contributed by atoms with van der Waals surface area (Å²) >= 11 is 0. The highest BCUT2D eigenvalue weighted by atomic mass is 16.6. The van der Waals surface area contributed by atoms with Crippen molar-refractivity contribution in [2.24, 2.45) is 0 Å².